The van der Waals surface area contributed by atoms with Gasteiger partial charge in [0.05, 0.1) is 0 Å². The molecule has 0 bridgehead atoms. The van der Waals surface area contributed by atoms with Crippen molar-refractivity contribution in [3.63, 3.8) is 0 Å². The number of aromatic amines is 1. The lowest BCUT2D eigenvalue weighted by Crippen LogP contribution is -3.00. The minimum Gasteiger partial charge on any atom is -1.00 e. The summed E-state index contributed by atoms with van der Waals surface area (Å²) in [6.45, 7) is 6.29. The molecule has 14 heavy (non-hydrogen) atoms. The minimum absolute atomic E-state index is 0. The number of rotatable bonds is 4. The first kappa shape index (κ1) is 12.7. The van der Waals surface area contributed by atoms with E-state index in [4.69, 9.17) is 4.74 Å². The van der Waals surface area contributed by atoms with Crippen molar-refractivity contribution in [3.05, 3.63) is 30.9 Å². The molecule has 1 N–H and O–H groups in total. The third-order valence-electron chi connectivity index (χ3n) is 1.72. The second-order valence-electron chi connectivity index (χ2n) is 2.61. The van der Waals surface area contributed by atoms with Gasteiger partial charge in [-0.05, 0) is 0 Å². The summed E-state index contributed by atoms with van der Waals surface area (Å²) in [6.07, 6.45) is 4.90. The molecule has 5 heteroatoms. The van der Waals surface area contributed by atoms with E-state index < -0.39 is 0 Å². The quantitative estimate of drug-likeness (QED) is 0.340. The molecule has 0 aliphatic rings. The zero-order chi connectivity index (χ0) is 9.68. The average Bonchev–Trinajstić information content (AvgIpc) is 2.52. The molecule has 0 aromatic carbocycles. The SMILES string of the molecule is C=CC(=O)OCC[n+]1cc[nH]c1C.[Cl-]. The Labute approximate surface area is 89.0 Å². The van der Waals surface area contributed by atoms with Crippen molar-refractivity contribution in [2.75, 3.05) is 6.61 Å². The zero-order valence-electron chi connectivity index (χ0n) is 8.00. The highest BCUT2D eigenvalue weighted by Gasteiger charge is 2.04. The van der Waals surface area contributed by atoms with Gasteiger partial charge in [-0.15, -0.1) is 0 Å². The number of aromatic nitrogens is 2. The van der Waals surface area contributed by atoms with Crippen LogP contribution >= 0.6 is 0 Å². The van der Waals surface area contributed by atoms with Crippen LogP contribution in [0.25, 0.3) is 0 Å². The Bertz CT molecular complexity index is 310. The van der Waals surface area contributed by atoms with Crippen LogP contribution < -0.4 is 17.0 Å². The van der Waals surface area contributed by atoms with Gasteiger partial charge in [0.2, 0.25) is 0 Å². The highest BCUT2D eigenvalue weighted by Crippen LogP contribution is 1.83. The number of hydrogen-bond acceptors (Lipinski definition) is 2. The van der Waals surface area contributed by atoms with Crippen molar-refractivity contribution in [3.8, 4) is 0 Å². The second kappa shape index (κ2) is 6.21. The van der Waals surface area contributed by atoms with Gasteiger partial charge in [-0.3, -0.25) is 0 Å². The van der Waals surface area contributed by atoms with E-state index in [1.165, 1.54) is 0 Å². The lowest BCUT2D eigenvalue weighted by Gasteiger charge is -1.99. The number of nitrogens with zero attached hydrogens (tertiary/aromatic N) is 1. The van der Waals surface area contributed by atoms with Gasteiger partial charge in [-0.2, -0.15) is 0 Å². The summed E-state index contributed by atoms with van der Waals surface area (Å²) in [7, 11) is 0. The first-order valence-electron chi connectivity index (χ1n) is 4.06. The van der Waals surface area contributed by atoms with E-state index in [9.17, 15) is 4.79 Å². The predicted molar refractivity (Wildman–Crippen MR) is 46.9 cm³/mol. The number of nitrogens with one attached hydrogen (secondary N) is 1. The summed E-state index contributed by atoms with van der Waals surface area (Å²) in [4.78, 5) is 13.7. The van der Waals surface area contributed by atoms with Gasteiger partial charge in [0.1, 0.15) is 25.5 Å². The Balaban J connectivity index is 0.00000169. The lowest BCUT2D eigenvalue weighted by atomic mass is 10.6. The molecule has 78 valence electrons. The number of carbonyl (C=O) groups is 1. The Morgan fingerprint density at radius 1 is 1.79 bits per heavy atom. The van der Waals surface area contributed by atoms with Crippen LogP contribution in [0.15, 0.2) is 25.0 Å². The van der Waals surface area contributed by atoms with Crippen molar-refractivity contribution in [2.45, 2.75) is 13.5 Å². The summed E-state index contributed by atoms with van der Waals surface area (Å²) in [5.74, 6) is 0.656. The van der Waals surface area contributed by atoms with E-state index in [2.05, 4.69) is 11.6 Å². The fourth-order valence-electron chi connectivity index (χ4n) is 0.988. The Morgan fingerprint density at radius 3 is 3.00 bits per heavy atom. The molecule has 1 aromatic heterocycles. The highest BCUT2D eigenvalue weighted by molar-refractivity contribution is 5.81. The van der Waals surface area contributed by atoms with Crippen molar-refractivity contribution in [2.24, 2.45) is 0 Å². The van der Waals surface area contributed by atoms with Crippen LogP contribution in [0.2, 0.25) is 0 Å². The molecule has 0 atom stereocenters. The Morgan fingerprint density at radius 2 is 2.50 bits per heavy atom. The molecule has 0 amide bonds. The van der Waals surface area contributed by atoms with Crippen LogP contribution in [0.5, 0.6) is 0 Å². The molecular formula is C9H13ClN2O2. The average molecular weight is 217 g/mol. The molecule has 4 nitrogen and oxygen atoms in total. The number of carbonyl (C=O) groups excluding carboxylic acids is 1. The number of esters is 1. The topological polar surface area (TPSA) is 46.0 Å². The van der Waals surface area contributed by atoms with Crippen molar-refractivity contribution in [1.29, 1.82) is 0 Å². The van der Waals surface area contributed by atoms with Gasteiger partial charge in [-0.25, -0.2) is 14.3 Å². The van der Waals surface area contributed by atoms with E-state index >= 15 is 0 Å². The van der Waals surface area contributed by atoms with Crippen molar-refractivity contribution in [1.82, 2.24) is 4.98 Å². The molecule has 0 fully saturated rings. The molecule has 0 unspecified atom stereocenters. The van der Waals surface area contributed by atoms with Gasteiger partial charge in [0.25, 0.3) is 5.82 Å². The Kier molecular flexibility index (Phi) is 5.64. The molecule has 1 heterocycles. The van der Waals surface area contributed by atoms with Crippen LogP contribution in [-0.4, -0.2) is 17.6 Å². The molecule has 0 saturated carbocycles. The lowest BCUT2D eigenvalue weighted by molar-refractivity contribution is -0.702. The second-order valence-corrected chi connectivity index (χ2v) is 2.61. The zero-order valence-corrected chi connectivity index (χ0v) is 8.75. The minimum atomic E-state index is -0.381. The Hall–Kier alpha value is -1.29. The number of H-pyrrole nitrogens is 1. The van der Waals surface area contributed by atoms with E-state index in [0.717, 1.165) is 11.9 Å². The summed E-state index contributed by atoms with van der Waals surface area (Å²) in [5, 5.41) is 0. The molecule has 0 aliphatic carbocycles. The maximum absolute atomic E-state index is 10.7. The maximum atomic E-state index is 10.7. The normalized spacial score (nSPS) is 8.93. The molecule has 0 radical (unpaired) electrons. The van der Waals surface area contributed by atoms with Crippen LogP contribution in [-0.2, 0) is 16.1 Å². The molecule has 0 spiro atoms. The molecular weight excluding hydrogens is 204 g/mol. The van der Waals surface area contributed by atoms with E-state index in [-0.39, 0.29) is 18.4 Å². The smallest absolute Gasteiger partial charge is 0.330 e. The van der Waals surface area contributed by atoms with Crippen molar-refractivity contribution < 1.29 is 26.5 Å². The fourth-order valence-corrected chi connectivity index (χ4v) is 0.988. The molecule has 1 aromatic rings. The molecule has 0 aliphatic heterocycles. The predicted octanol–water partition coefficient (Wildman–Crippen LogP) is -2.66. The number of hydrogen-bond donors (Lipinski definition) is 1. The van der Waals surface area contributed by atoms with E-state index in [1.54, 1.807) is 0 Å². The maximum Gasteiger partial charge on any atom is 0.330 e. The van der Waals surface area contributed by atoms with Crippen LogP contribution in [0.4, 0.5) is 0 Å². The van der Waals surface area contributed by atoms with Crippen LogP contribution in [0, 0.1) is 6.92 Å². The largest absolute Gasteiger partial charge is 1.00 e. The third-order valence-corrected chi connectivity index (χ3v) is 1.72. The highest BCUT2D eigenvalue weighted by atomic mass is 35.5. The van der Waals surface area contributed by atoms with E-state index in [1.807, 2.05) is 23.9 Å². The summed E-state index contributed by atoms with van der Waals surface area (Å²) in [6, 6.07) is 0. The monoisotopic (exact) mass is 216 g/mol. The van der Waals surface area contributed by atoms with Gasteiger partial charge >= 0.3 is 5.97 Å². The summed E-state index contributed by atoms with van der Waals surface area (Å²) < 4.78 is 6.80. The van der Waals surface area contributed by atoms with Gasteiger partial charge in [-0.1, -0.05) is 6.58 Å². The first-order chi connectivity index (χ1) is 6.24. The van der Waals surface area contributed by atoms with Gasteiger partial charge in [0, 0.05) is 13.0 Å². The number of aryl methyl sites for hydroxylation is 1. The first-order valence-corrected chi connectivity index (χ1v) is 4.06. The fraction of sp³-hybridized carbons (Fsp3) is 0.333. The number of halogens is 1. The van der Waals surface area contributed by atoms with Gasteiger partial charge in [0.15, 0.2) is 0 Å². The number of ether oxygens (including phenoxy) is 1. The van der Waals surface area contributed by atoms with Crippen LogP contribution in [0.1, 0.15) is 5.82 Å². The third kappa shape index (κ3) is 3.62. The van der Waals surface area contributed by atoms with Crippen LogP contribution in [0.3, 0.4) is 0 Å². The standard InChI is InChI=1S/C9H12N2O2.ClH/c1-3-9(12)13-7-6-11-5-4-10-8(11)2;/h3-5H,1,6-7H2,2H3;1H. The molecule has 0 saturated heterocycles. The summed E-state index contributed by atoms with van der Waals surface area (Å²) in [5.41, 5.74) is 0. The number of imidazole rings is 1. The summed E-state index contributed by atoms with van der Waals surface area (Å²) >= 11 is 0. The van der Waals surface area contributed by atoms with Crippen molar-refractivity contribution >= 4 is 5.97 Å². The molecule has 1 rings (SSSR count). The van der Waals surface area contributed by atoms with E-state index in [0.29, 0.717) is 13.2 Å². The van der Waals surface area contributed by atoms with Gasteiger partial charge < -0.3 is 17.1 Å².